The van der Waals surface area contributed by atoms with Gasteiger partial charge in [-0.25, -0.2) is 9.97 Å². The molecule has 3 heterocycles. The number of carbonyl (C=O) groups excluding carboxylic acids is 1. The monoisotopic (exact) mass is 499 g/mol. The van der Waals surface area contributed by atoms with Crippen LogP contribution in [0.1, 0.15) is 28.2 Å². The Morgan fingerprint density at radius 2 is 2.05 bits per heavy atom. The van der Waals surface area contributed by atoms with Crippen LogP contribution in [0.5, 0.6) is 5.75 Å². The maximum Gasteiger partial charge on any atom is 0.251 e. The first-order valence-electron chi connectivity index (χ1n) is 12.2. The van der Waals surface area contributed by atoms with E-state index in [9.17, 15) is 4.79 Å². The molecule has 1 amide bonds. The Labute approximate surface area is 215 Å². The molecule has 0 bridgehead atoms. The van der Waals surface area contributed by atoms with Gasteiger partial charge in [-0.3, -0.25) is 4.79 Å². The Kier molecular flexibility index (Phi) is 7.66. The van der Waals surface area contributed by atoms with Crippen molar-refractivity contribution in [2.45, 2.75) is 19.5 Å². The minimum absolute atomic E-state index is 0.160. The van der Waals surface area contributed by atoms with Gasteiger partial charge in [-0.2, -0.15) is 0 Å². The van der Waals surface area contributed by atoms with Gasteiger partial charge in [0.25, 0.3) is 5.91 Å². The van der Waals surface area contributed by atoms with Crippen molar-refractivity contribution in [1.82, 2.24) is 30.0 Å². The lowest BCUT2D eigenvalue weighted by Crippen LogP contribution is -2.23. The summed E-state index contributed by atoms with van der Waals surface area (Å²) >= 11 is 0. The van der Waals surface area contributed by atoms with E-state index in [1.54, 1.807) is 18.3 Å². The van der Waals surface area contributed by atoms with Gasteiger partial charge in [0.05, 0.1) is 19.8 Å². The molecule has 2 aromatic carbocycles. The average Bonchev–Trinajstić information content (AvgIpc) is 3.60. The van der Waals surface area contributed by atoms with Crippen LogP contribution in [0.3, 0.4) is 0 Å². The molecule has 1 saturated heterocycles. The van der Waals surface area contributed by atoms with Crippen LogP contribution in [0.25, 0.3) is 11.5 Å². The number of amides is 1. The summed E-state index contributed by atoms with van der Waals surface area (Å²) in [6.07, 6.45) is 4.17. The standard InChI is InChI=1S/C27H29N7O3/c1-34-25(32-33-26(34)23-9-11-28-18-31-23)15-29-22-7-4-6-20(13-22)27(35)30-14-21-5-2-3-8-24(21)37-17-19-10-12-36-16-19/h2-9,11,13,18-19,29H,10,12,14-17H2,1H3,(H,30,35). The van der Waals surface area contributed by atoms with Crippen LogP contribution in [-0.4, -0.2) is 50.5 Å². The molecule has 0 aliphatic carbocycles. The second-order valence-corrected chi connectivity index (χ2v) is 8.86. The van der Waals surface area contributed by atoms with E-state index in [0.29, 0.717) is 42.7 Å². The van der Waals surface area contributed by atoms with Crippen LogP contribution in [0.15, 0.2) is 67.1 Å². The van der Waals surface area contributed by atoms with Crippen molar-refractivity contribution in [3.05, 3.63) is 84.1 Å². The minimum Gasteiger partial charge on any atom is -0.493 e. The summed E-state index contributed by atoms with van der Waals surface area (Å²) in [5.41, 5.74) is 3.01. The van der Waals surface area contributed by atoms with Gasteiger partial charge >= 0.3 is 0 Å². The summed E-state index contributed by atoms with van der Waals surface area (Å²) in [6.45, 7) is 2.96. The number of ether oxygens (including phenoxy) is 2. The number of anilines is 1. The quantitative estimate of drug-likeness (QED) is 0.342. The van der Waals surface area contributed by atoms with Gasteiger partial charge in [0, 0.05) is 49.1 Å². The fourth-order valence-electron chi connectivity index (χ4n) is 4.10. The number of hydrogen-bond acceptors (Lipinski definition) is 8. The summed E-state index contributed by atoms with van der Waals surface area (Å²) < 4.78 is 13.3. The van der Waals surface area contributed by atoms with E-state index in [1.807, 2.05) is 54.1 Å². The number of benzene rings is 2. The van der Waals surface area contributed by atoms with Gasteiger partial charge < -0.3 is 24.7 Å². The summed E-state index contributed by atoms with van der Waals surface area (Å²) in [6, 6.07) is 16.9. The summed E-state index contributed by atoms with van der Waals surface area (Å²) in [4.78, 5) is 21.1. The molecule has 1 aliphatic rings. The molecule has 2 aromatic heterocycles. The molecule has 190 valence electrons. The average molecular weight is 500 g/mol. The van der Waals surface area contributed by atoms with E-state index >= 15 is 0 Å². The molecule has 4 aromatic rings. The van der Waals surface area contributed by atoms with Gasteiger partial charge in [0.2, 0.25) is 0 Å². The lowest BCUT2D eigenvalue weighted by atomic mass is 10.1. The second kappa shape index (κ2) is 11.6. The molecule has 1 unspecified atom stereocenters. The number of nitrogens with zero attached hydrogens (tertiary/aromatic N) is 5. The molecule has 2 N–H and O–H groups in total. The fourth-order valence-corrected chi connectivity index (χ4v) is 4.10. The van der Waals surface area contributed by atoms with Crippen molar-refractivity contribution < 1.29 is 14.3 Å². The van der Waals surface area contributed by atoms with Crippen LogP contribution in [0.2, 0.25) is 0 Å². The molecule has 5 rings (SSSR count). The highest BCUT2D eigenvalue weighted by molar-refractivity contribution is 5.95. The molecule has 0 spiro atoms. The van der Waals surface area contributed by atoms with E-state index in [-0.39, 0.29) is 5.91 Å². The topological polar surface area (TPSA) is 116 Å². The van der Waals surface area contributed by atoms with Crippen LogP contribution in [-0.2, 0) is 24.9 Å². The normalized spacial score (nSPS) is 14.9. The lowest BCUT2D eigenvalue weighted by Gasteiger charge is -2.15. The van der Waals surface area contributed by atoms with Crippen molar-refractivity contribution in [2.24, 2.45) is 13.0 Å². The molecule has 37 heavy (non-hydrogen) atoms. The molecule has 0 radical (unpaired) electrons. The zero-order valence-electron chi connectivity index (χ0n) is 20.6. The lowest BCUT2D eigenvalue weighted by molar-refractivity contribution is 0.0950. The van der Waals surface area contributed by atoms with Crippen LogP contribution in [0.4, 0.5) is 5.69 Å². The summed E-state index contributed by atoms with van der Waals surface area (Å²) in [5.74, 6) is 2.44. The number of carbonyl (C=O) groups is 1. The minimum atomic E-state index is -0.160. The molecular weight excluding hydrogens is 470 g/mol. The second-order valence-electron chi connectivity index (χ2n) is 8.86. The number of rotatable bonds is 10. The number of aromatic nitrogens is 5. The Balaban J connectivity index is 1.17. The Hall–Kier alpha value is -4.31. The first kappa shape index (κ1) is 24.4. The zero-order chi connectivity index (χ0) is 25.5. The first-order valence-corrected chi connectivity index (χ1v) is 12.2. The third-order valence-electron chi connectivity index (χ3n) is 6.26. The highest BCUT2D eigenvalue weighted by atomic mass is 16.5. The van der Waals surface area contributed by atoms with Crippen LogP contribution >= 0.6 is 0 Å². The van der Waals surface area contributed by atoms with E-state index in [0.717, 1.165) is 42.5 Å². The van der Waals surface area contributed by atoms with Gasteiger partial charge in [0.1, 0.15) is 17.8 Å². The largest absolute Gasteiger partial charge is 0.493 e. The number of para-hydroxylation sites is 1. The van der Waals surface area contributed by atoms with Gasteiger partial charge in [0.15, 0.2) is 11.6 Å². The summed E-state index contributed by atoms with van der Waals surface area (Å²) in [5, 5.41) is 14.8. The van der Waals surface area contributed by atoms with Gasteiger partial charge in [-0.05, 0) is 36.8 Å². The third-order valence-corrected chi connectivity index (χ3v) is 6.26. The fraction of sp³-hybridized carbons (Fsp3) is 0.296. The van der Waals surface area contributed by atoms with Crippen molar-refractivity contribution in [3.8, 4) is 17.3 Å². The Bertz CT molecular complexity index is 1340. The maximum atomic E-state index is 12.9. The van der Waals surface area contributed by atoms with Crippen molar-refractivity contribution >= 4 is 11.6 Å². The summed E-state index contributed by atoms with van der Waals surface area (Å²) in [7, 11) is 1.89. The smallest absolute Gasteiger partial charge is 0.251 e. The maximum absolute atomic E-state index is 12.9. The van der Waals surface area contributed by atoms with E-state index in [1.165, 1.54) is 6.33 Å². The van der Waals surface area contributed by atoms with E-state index in [4.69, 9.17) is 9.47 Å². The molecular formula is C27H29N7O3. The predicted octanol–water partition coefficient (Wildman–Crippen LogP) is 3.23. The van der Waals surface area contributed by atoms with E-state index < -0.39 is 0 Å². The third kappa shape index (κ3) is 6.10. The SMILES string of the molecule is Cn1c(CNc2cccc(C(=O)NCc3ccccc3OCC3CCOC3)c2)nnc1-c1ccncn1. The number of hydrogen-bond donors (Lipinski definition) is 2. The predicted molar refractivity (Wildman–Crippen MR) is 138 cm³/mol. The molecule has 1 atom stereocenters. The molecule has 10 nitrogen and oxygen atoms in total. The van der Waals surface area contributed by atoms with Gasteiger partial charge in [-0.1, -0.05) is 24.3 Å². The van der Waals surface area contributed by atoms with Crippen molar-refractivity contribution in [3.63, 3.8) is 0 Å². The molecule has 1 fully saturated rings. The van der Waals surface area contributed by atoms with Gasteiger partial charge in [-0.15, -0.1) is 10.2 Å². The van der Waals surface area contributed by atoms with Crippen molar-refractivity contribution in [2.75, 3.05) is 25.1 Å². The Morgan fingerprint density at radius 1 is 1.14 bits per heavy atom. The molecule has 0 saturated carbocycles. The number of nitrogens with one attached hydrogen (secondary N) is 2. The molecule has 10 heteroatoms. The Morgan fingerprint density at radius 3 is 2.89 bits per heavy atom. The van der Waals surface area contributed by atoms with Crippen LogP contribution in [0, 0.1) is 5.92 Å². The molecule has 1 aliphatic heterocycles. The van der Waals surface area contributed by atoms with E-state index in [2.05, 4.69) is 30.8 Å². The highest BCUT2D eigenvalue weighted by Crippen LogP contribution is 2.21. The zero-order valence-corrected chi connectivity index (χ0v) is 20.6. The van der Waals surface area contributed by atoms with Crippen molar-refractivity contribution in [1.29, 1.82) is 0 Å². The highest BCUT2D eigenvalue weighted by Gasteiger charge is 2.17. The first-order chi connectivity index (χ1) is 18.2. The van der Waals surface area contributed by atoms with Crippen LogP contribution < -0.4 is 15.4 Å².